The SMILES string of the molecule is CCNC(=O)c1cc(N)nc(CC)c1. The molecule has 0 saturated carbocycles. The van der Waals surface area contributed by atoms with Crippen LogP contribution in [0.4, 0.5) is 5.82 Å². The molecule has 0 aromatic carbocycles. The topological polar surface area (TPSA) is 68.0 Å². The highest BCUT2D eigenvalue weighted by Crippen LogP contribution is 2.08. The Hall–Kier alpha value is -1.58. The van der Waals surface area contributed by atoms with Crippen molar-refractivity contribution in [2.24, 2.45) is 0 Å². The molecule has 1 heterocycles. The molecule has 0 aliphatic heterocycles. The first-order valence-corrected chi connectivity index (χ1v) is 4.72. The summed E-state index contributed by atoms with van der Waals surface area (Å²) in [4.78, 5) is 15.6. The summed E-state index contributed by atoms with van der Waals surface area (Å²) >= 11 is 0. The van der Waals surface area contributed by atoms with Gasteiger partial charge in [-0.25, -0.2) is 4.98 Å². The van der Waals surface area contributed by atoms with Gasteiger partial charge in [0.1, 0.15) is 5.82 Å². The predicted molar refractivity (Wildman–Crippen MR) is 56.0 cm³/mol. The maximum atomic E-state index is 11.5. The van der Waals surface area contributed by atoms with E-state index in [9.17, 15) is 4.79 Å². The van der Waals surface area contributed by atoms with Crippen LogP contribution in [-0.2, 0) is 6.42 Å². The Kier molecular flexibility index (Phi) is 3.45. The molecular formula is C10H15N3O. The third-order valence-electron chi connectivity index (χ3n) is 1.86. The Morgan fingerprint density at radius 3 is 2.79 bits per heavy atom. The van der Waals surface area contributed by atoms with E-state index in [1.54, 1.807) is 12.1 Å². The molecular weight excluding hydrogens is 178 g/mol. The highest BCUT2D eigenvalue weighted by atomic mass is 16.1. The lowest BCUT2D eigenvalue weighted by atomic mass is 10.2. The van der Waals surface area contributed by atoms with E-state index in [0.717, 1.165) is 12.1 Å². The van der Waals surface area contributed by atoms with Gasteiger partial charge in [0, 0.05) is 17.8 Å². The van der Waals surface area contributed by atoms with Crippen LogP contribution in [0.1, 0.15) is 29.9 Å². The van der Waals surface area contributed by atoms with Crippen LogP contribution in [0.2, 0.25) is 0 Å². The van der Waals surface area contributed by atoms with Gasteiger partial charge in [-0.05, 0) is 25.5 Å². The highest BCUT2D eigenvalue weighted by Gasteiger charge is 2.06. The molecule has 0 radical (unpaired) electrons. The summed E-state index contributed by atoms with van der Waals surface area (Å²) < 4.78 is 0. The van der Waals surface area contributed by atoms with Crippen molar-refractivity contribution in [2.45, 2.75) is 20.3 Å². The molecule has 1 aromatic heterocycles. The van der Waals surface area contributed by atoms with Gasteiger partial charge in [0.05, 0.1) is 0 Å². The van der Waals surface area contributed by atoms with Crippen LogP contribution < -0.4 is 11.1 Å². The summed E-state index contributed by atoms with van der Waals surface area (Å²) in [6.07, 6.45) is 0.775. The van der Waals surface area contributed by atoms with Gasteiger partial charge >= 0.3 is 0 Å². The zero-order valence-electron chi connectivity index (χ0n) is 8.50. The number of nitrogens with two attached hydrogens (primary N) is 1. The molecule has 0 spiro atoms. The number of hydrogen-bond acceptors (Lipinski definition) is 3. The molecule has 14 heavy (non-hydrogen) atoms. The third kappa shape index (κ3) is 2.45. The average Bonchev–Trinajstić information content (AvgIpc) is 2.17. The Morgan fingerprint density at radius 1 is 1.50 bits per heavy atom. The van der Waals surface area contributed by atoms with Crippen molar-refractivity contribution in [1.29, 1.82) is 0 Å². The number of anilines is 1. The molecule has 0 bridgehead atoms. The van der Waals surface area contributed by atoms with Crippen LogP contribution in [0, 0.1) is 0 Å². The number of amides is 1. The van der Waals surface area contributed by atoms with E-state index >= 15 is 0 Å². The second kappa shape index (κ2) is 4.60. The third-order valence-corrected chi connectivity index (χ3v) is 1.86. The first-order valence-electron chi connectivity index (χ1n) is 4.72. The van der Waals surface area contributed by atoms with Crippen LogP contribution >= 0.6 is 0 Å². The van der Waals surface area contributed by atoms with Crippen molar-refractivity contribution in [1.82, 2.24) is 10.3 Å². The lowest BCUT2D eigenvalue weighted by Gasteiger charge is -2.05. The maximum Gasteiger partial charge on any atom is 0.251 e. The molecule has 0 atom stereocenters. The number of aromatic nitrogens is 1. The van der Waals surface area contributed by atoms with Crippen molar-refractivity contribution in [3.05, 3.63) is 23.4 Å². The fraction of sp³-hybridized carbons (Fsp3) is 0.400. The van der Waals surface area contributed by atoms with Gasteiger partial charge in [-0.3, -0.25) is 4.79 Å². The van der Waals surface area contributed by atoms with E-state index in [2.05, 4.69) is 10.3 Å². The van der Waals surface area contributed by atoms with E-state index in [1.165, 1.54) is 0 Å². The molecule has 4 nitrogen and oxygen atoms in total. The fourth-order valence-corrected chi connectivity index (χ4v) is 1.19. The van der Waals surface area contributed by atoms with Crippen LogP contribution in [0.5, 0.6) is 0 Å². The van der Waals surface area contributed by atoms with Gasteiger partial charge < -0.3 is 11.1 Å². The van der Waals surface area contributed by atoms with Gasteiger partial charge in [0.2, 0.25) is 0 Å². The minimum absolute atomic E-state index is 0.101. The van der Waals surface area contributed by atoms with Gasteiger partial charge in [-0.1, -0.05) is 6.92 Å². The second-order valence-electron chi connectivity index (χ2n) is 2.99. The maximum absolute atomic E-state index is 11.5. The number of rotatable bonds is 3. The normalized spacial score (nSPS) is 9.86. The molecule has 0 saturated heterocycles. The number of hydrogen-bond donors (Lipinski definition) is 2. The summed E-state index contributed by atoms with van der Waals surface area (Å²) in [7, 11) is 0. The lowest BCUT2D eigenvalue weighted by molar-refractivity contribution is 0.0955. The number of pyridine rings is 1. The summed E-state index contributed by atoms with van der Waals surface area (Å²) in [6, 6.07) is 3.35. The molecule has 0 aliphatic carbocycles. The molecule has 1 aromatic rings. The second-order valence-corrected chi connectivity index (χ2v) is 2.99. The zero-order valence-corrected chi connectivity index (χ0v) is 8.50. The molecule has 3 N–H and O–H groups in total. The van der Waals surface area contributed by atoms with E-state index in [0.29, 0.717) is 17.9 Å². The molecule has 1 amide bonds. The minimum atomic E-state index is -0.101. The summed E-state index contributed by atoms with van der Waals surface area (Å²) in [6.45, 7) is 4.47. The van der Waals surface area contributed by atoms with E-state index in [-0.39, 0.29) is 5.91 Å². The molecule has 0 unspecified atom stereocenters. The largest absolute Gasteiger partial charge is 0.384 e. The smallest absolute Gasteiger partial charge is 0.251 e. The van der Waals surface area contributed by atoms with Gasteiger partial charge in [0.25, 0.3) is 5.91 Å². The number of aryl methyl sites for hydroxylation is 1. The van der Waals surface area contributed by atoms with Crippen LogP contribution in [0.25, 0.3) is 0 Å². The first kappa shape index (κ1) is 10.5. The monoisotopic (exact) mass is 193 g/mol. The van der Waals surface area contributed by atoms with Gasteiger partial charge in [0.15, 0.2) is 0 Å². The lowest BCUT2D eigenvalue weighted by Crippen LogP contribution is -2.23. The van der Waals surface area contributed by atoms with E-state index in [1.807, 2.05) is 13.8 Å². The summed E-state index contributed by atoms with van der Waals surface area (Å²) in [5.41, 5.74) is 7.00. The van der Waals surface area contributed by atoms with Gasteiger partial charge in [-0.2, -0.15) is 0 Å². The van der Waals surface area contributed by atoms with Crippen molar-refractivity contribution in [2.75, 3.05) is 12.3 Å². The fourth-order valence-electron chi connectivity index (χ4n) is 1.19. The molecule has 1 rings (SSSR count). The summed E-state index contributed by atoms with van der Waals surface area (Å²) in [5, 5.41) is 2.72. The van der Waals surface area contributed by atoms with Gasteiger partial charge in [-0.15, -0.1) is 0 Å². The quantitative estimate of drug-likeness (QED) is 0.751. The molecule has 76 valence electrons. The van der Waals surface area contributed by atoms with Crippen molar-refractivity contribution in [3.63, 3.8) is 0 Å². The Balaban J connectivity index is 2.96. The zero-order chi connectivity index (χ0) is 10.6. The summed E-state index contributed by atoms with van der Waals surface area (Å²) in [5.74, 6) is 0.293. The predicted octanol–water partition coefficient (Wildman–Crippen LogP) is 0.976. The van der Waals surface area contributed by atoms with Crippen molar-refractivity contribution >= 4 is 11.7 Å². The number of nitrogens with zero attached hydrogens (tertiary/aromatic N) is 1. The van der Waals surface area contributed by atoms with Crippen LogP contribution in [0.15, 0.2) is 12.1 Å². The average molecular weight is 193 g/mol. The van der Waals surface area contributed by atoms with Crippen LogP contribution in [-0.4, -0.2) is 17.4 Å². The van der Waals surface area contributed by atoms with Crippen LogP contribution in [0.3, 0.4) is 0 Å². The molecule has 0 fully saturated rings. The number of carbonyl (C=O) groups is 1. The number of carbonyl (C=O) groups excluding carboxylic acids is 1. The molecule has 0 aliphatic rings. The Labute approximate surface area is 83.5 Å². The Morgan fingerprint density at radius 2 is 2.21 bits per heavy atom. The van der Waals surface area contributed by atoms with Crippen molar-refractivity contribution < 1.29 is 4.79 Å². The Bertz CT molecular complexity index is 336. The highest BCUT2D eigenvalue weighted by molar-refractivity contribution is 5.94. The first-order chi connectivity index (χ1) is 6.67. The number of nitrogen functional groups attached to an aromatic ring is 1. The van der Waals surface area contributed by atoms with E-state index < -0.39 is 0 Å². The standard InChI is InChI=1S/C10H15N3O/c1-3-8-5-7(6-9(11)13-8)10(14)12-4-2/h5-6H,3-4H2,1-2H3,(H2,11,13)(H,12,14). The minimum Gasteiger partial charge on any atom is -0.384 e. The number of nitrogens with one attached hydrogen (secondary N) is 1. The van der Waals surface area contributed by atoms with E-state index in [4.69, 9.17) is 5.73 Å². The van der Waals surface area contributed by atoms with Crippen molar-refractivity contribution in [3.8, 4) is 0 Å². The molecule has 4 heteroatoms.